The van der Waals surface area contributed by atoms with Gasteiger partial charge in [0.2, 0.25) is 0 Å². The first-order valence-corrected chi connectivity index (χ1v) is 11.9. The molecule has 134 valence electrons. The number of rotatable bonds is 16. The predicted molar refractivity (Wildman–Crippen MR) is 103 cm³/mol. The zero-order chi connectivity index (χ0) is 16.7. The van der Waals surface area contributed by atoms with Gasteiger partial charge in [-0.15, -0.1) is 0 Å². The van der Waals surface area contributed by atoms with E-state index < -0.39 is 8.77 Å². The van der Waals surface area contributed by atoms with Gasteiger partial charge in [0, 0.05) is 11.2 Å². The minimum Gasteiger partial charge on any atom is -0.305 e. The van der Waals surface area contributed by atoms with Crippen molar-refractivity contribution in [3.05, 3.63) is 0 Å². The van der Waals surface area contributed by atoms with E-state index >= 15 is 0 Å². The molecule has 0 aliphatic heterocycles. The maximum atomic E-state index is 11.2. The zero-order valence-corrected chi connectivity index (χ0v) is 16.5. The largest absolute Gasteiger partial charge is 0.305 e. The summed E-state index contributed by atoms with van der Waals surface area (Å²) in [4.78, 5) is 0. The van der Waals surface area contributed by atoms with Crippen LogP contribution in [0.4, 0.5) is 0 Å². The van der Waals surface area contributed by atoms with Gasteiger partial charge in [-0.2, -0.15) is 0 Å². The molecule has 0 aromatic carbocycles. The molecule has 0 aromatic heterocycles. The summed E-state index contributed by atoms with van der Waals surface area (Å²) in [6.07, 6.45) is 19.5. The molecule has 0 aromatic rings. The van der Waals surface area contributed by atoms with Crippen LogP contribution >= 0.6 is 0 Å². The molecular weight excluding hydrogens is 312 g/mol. The Hall–Kier alpha value is 0.330. The fourth-order valence-corrected chi connectivity index (χ4v) is 3.53. The second kappa shape index (κ2) is 14.9. The first-order chi connectivity index (χ1) is 10.5. The third kappa shape index (κ3) is 15.2. The van der Waals surface area contributed by atoms with Gasteiger partial charge in [-0.05, 0) is 13.3 Å². The summed E-state index contributed by atoms with van der Waals surface area (Å²) < 4.78 is 20.5. The van der Waals surface area contributed by atoms with Gasteiger partial charge in [0.1, 0.15) is 8.77 Å². The van der Waals surface area contributed by atoms with Crippen LogP contribution < -0.4 is 0 Å². The topological polar surface area (TPSA) is 37.3 Å². The van der Waals surface area contributed by atoms with Crippen molar-refractivity contribution in [2.75, 3.05) is 0 Å². The van der Waals surface area contributed by atoms with Gasteiger partial charge in [0.15, 0.2) is 0 Å². The average molecular weight is 351 g/mol. The van der Waals surface area contributed by atoms with E-state index in [0.717, 1.165) is 12.8 Å². The lowest BCUT2D eigenvalue weighted by atomic mass is 10.0. The van der Waals surface area contributed by atoms with Crippen LogP contribution in [0, 0.1) is 0 Å². The van der Waals surface area contributed by atoms with Crippen LogP contribution in [0.5, 0.6) is 0 Å². The van der Waals surface area contributed by atoms with E-state index in [-0.39, 0.29) is 5.25 Å². The predicted octanol–water partition coefficient (Wildman–Crippen LogP) is 6.47. The standard InChI is InChI=1S/C18H38O2S2/c1-3-4-5-6-7-8-9-10-11-12-13-14-15-16-17-18(2)22(19,20)21/h18H,3-17H2,1-2H3,(H,19,20,21). The van der Waals surface area contributed by atoms with Crippen molar-refractivity contribution in [3.63, 3.8) is 0 Å². The van der Waals surface area contributed by atoms with Crippen molar-refractivity contribution in [2.24, 2.45) is 0 Å². The van der Waals surface area contributed by atoms with Gasteiger partial charge in [0.25, 0.3) is 0 Å². The molecule has 0 heterocycles. The normalized spacial score (nSPS) is 15.6. The summed E-state index contributed by atoms with van der Waals surface area (Å²) in [7, 11) is -2.99. The van der Waals surface area contributed by atoms with E-state index in [9.17, 15) is 8.76 Å². The molecule has 0 radical (unpaired) electrons. The van der Waals surface area contributed by atoms with Gasteiger partial charge < -0.3 is 4.55 Å². The molecule has 0 bridgehead atoms. The van der Waals surface area contributed by atoms with Crippen molar-refractivity contribution in [1.82, 2.24) is 0 Å². The van der Waals surface area contributed by atoms with Crippen molar-refractivity contribution in [3.8, 4) is 0 Å². The van der Waals surface area contributed by atoms with Crippen LogP contribution in [0.1, 0.15) is 110 Å². The Balaban J connectivity index is 3.15. The quantitative estimate of drug-likeness (QED) is 0.324. The molecule has 0 aliphatic rings. The van der Waals surface area contributed by atoms with Crippen molar-refractivity contribution < 1.29 is 8.76 Å². The van der Waals surface area contributed by atoms with Gasteiger partial charge in [0.05, 0.1) is 5.25 Å². The number of hydrogen-bond donors (Lipinski definition) is 1. The van der Waals surface area contributed by atoms with E-state index in [0.29, 0.717) is 0 Å². The summed E-state index contributed by atoms with van der Waals surface area (Å²) >= 11 is 4.59. The Morgan fingerprint density at radius 3 is 1.41 bits per heavy atom. The van der Waals surface area contributed by atoms with Crippen molar-refractivity contribution in [2.45, 2.75) is 115 Å². The molecule has 0 rings (SSSR count). The third-order valence-corrected chi connectivity index (χ3v) is 6.71. The summed E-state index contributed by atoms with van der Waals surface area (Å²) in [6.45, 7) is 4.06. The molecule has 2 atom stereocenters. The van der Waals surface area contributed by atoms with E-state index in [1.54, 1.807) is 6.92 Å². The van der Waals surface area contributed by atoms with Crippen LogP contribution in [-0.2, 0) is 20.0 Å². The fraction of sp³-hybridized carbons (Fsp3) is 1.00. The molecule has 1 N–H and O–H groups in total. The minimum atomic E-state index is -2.99. The SMILES string of the molecule is CCCCCCCCCCCCCCCCC(C)S(=O)(O)=S. The second-order valence-electron chi connectivity index (χ2n) is 6.71. The minimum absolute atomic E-state index is 0.236. The van der Waals surface area contributed by atoms with Crippen LogP contribution in [0.2, 0.25) is 0 Å². The van der Waals surface area contributed by atoms with Gasteiger partial charge in [-0.3, -0.25) is 0 Å². The van der Waals surface area contributed by atoms with E-state index in [1.165, 1.54) is 83.5 Å². The summed E-state index contributed by atoms with van der Waals surface area (Å²) in [6, 6.07) is 0. The lowest BCUT2D eigenvalue weighted by Gasteiger charge is -2.09. The maximum Gasteiger partial charge on any atom is 0.144 e. The van der Waals surface area contributed by atoms with E-state index in [2.05, 4.69) is 18.1 Å². The molecule has 2 nitrogen and oxygen atoms in total. The van der Waals surface area contributed by atoms with Crippen LogP contribution in [-0.4, -0.2) is 14.0 Å². The third-order valence-electron chi connectivity index (χ3n) is 4.47. The van der Waals surface area contributed by atoms with E-state index in [1.807, 2.05) is 0 Å². The molecule has 4 heteroatoms. The summed E-state index contributed by atoms with van der Waals surface area (Å²) in [5, 5.41) is -0.236. The van der Waals surface area contributed by atoms with Gasteiger partial charge >= 0.3 is 0 Å². The number of hydrogen-bond acceptors (Lipinski definition) is 2. The van der Waals surface area contributed by atoms with Gasteiger partial charge in [-0.25, -0.2) is 4.21 Å². The molecule has 0 aliphatic carbocycles. The van der Waals surface area contributed by atoms with Crippen LogP contribution in [0.15, 0.2) is 0 Å². The molecule has 0 fully saturated rings. The fourth-order valence-electron chi connectivity index (χ4n) is 2.78. The van der Waals surface area contributed by atoms with Crippen molar-refractivity contribution in [1.29, 1.82) is 0 Å². The highest BCUT2D eigenvalue weighted by Crippen LogP contribution is 2.15. The Morgan fingerprint density at radius 2 is 1.09 bits per heavy atom. The first kappa shape index (κ1) is 22.3. The monoisotopic (exact) mass is 350 g/mol. The molecular formula is C18H38O2S2. The molecule has 22 heavy (non-hydrogen) atoms. The molecule has 0 spiro atoms. The average Bonchev–Trinajstić information content (AvgIpc) is 2.46. The lowest BCUT2D eigenvalue weighted by molar-refractivity contribution is 0.520. The Labute approximate surface area is 144 Å². The molecule has 0 saturated carbocycles. The molecule has 0 amide bonds. The Bertz CT molecular complexity index is 326. The summed E-state index contributed by atoms with van der Waals surface area (Å²) in [5.74, 6) is 0. The zero-order valence-electron chi connectivity index (χ0n) is 14.9. The number of unbranched alkanes of at least 4 members (excludes halogenated alkanes) is 13. The lowest BCUT2D eigenvalue weighted by Crippen LogP contribution is -2.14. The van der Waals surface area contributed by atoms with E-state index in [4.69, 9.17) is 0 Å². The maximum absolute atomic E-state index is 11.2. The second-order valence-corrected chi connectivity index (χ2v) is 9.98. The first-order valence-electron chi connectivity index (χ1n) is 9.44. The molecule has 0 saturated heterocycles. The van der Waals surface area contributed by atoms with Gasteiger partial charge in [-0.1, -0.05) is 96.8 Å². The van der Waals surface area contributed by atoms with Crippen molar-refractivity contribution >= 4 is 20.0 Å². The Morgan fingerprint density at radius 1 is 0.773 bits per heavy atom. The van der Waals surface area contributed by atoms with Crippen LogP contribution in [0.25, 0.3) is 0 Å². The van der Waals surface area contributed by atoms with Crippen LogP contribution in [0.3, 0.4) is 0 Å². The Kier molecular flexibility index (Phi) is 15.1. The smallest absolute Gasteiger partial charge is 0.144 e. The highest BCUT2D eigenvalue weighted by atomic mass is 32.8. The highest BCUT2D eigenvalue weighted by molar-refractivity contribution is 8.30. The summed E-state index contributed by atoms with van der Waals surface area (Å²) in [5.41, 5.74) is 0. The molecule has 2 unspecified atom stereocenters. The highest BCUT2D eigenvalue weighted by Gasteiger charge is 2.12.